The number of aromatic nitrogens is 2. The zero-order valence-corrected chi connectivity index (χ0v) is 21.3. The molecule has 3 aromatic rings. The maximum Gasteiger partial charge on any atom is 0.255 e. The van der Waals surface area contributed by atoms with Gasteiger partial charge in [-0.2, -0.15) is 15.7 Å². The molecule has 1 saturated heterocycles. The average molecular weight is 543 g/mol. The molecule has 4 N–H and O–H groups in total. The minimum absolute atomic E-state index is 0. The Morgan fingerprint density at radius 2 is 1.80 bits per heavy atom. The summed E-state index contributed by atoms with van der Waals surface area (Å²) in [6.07, 6.45) is 5.85. The van der Waals surface area contributed by atoms with Gasteiger partial charge in [-0.1, -0.05) is 12.1 Å². The lowest BCUT2D eigenvalue weighted by Gasteiger charge is -2.39. The van der Waals surface area contributed by atoms with Crippen LogP contribution in [-0.4, -0.2) is 48.4 Å². The van der Waals surface area contributed by atoms with E-state index in [1.807, 2.05) is 18.2 Å². The van der Waals surface area contributed by atoms with Gasteiger partial charge >= 0.3 is 0 Å². The maximum absolute atomic E-state index is 13.1. The van der Waals surface area contributed by atoms with Crippen molar-refractivity contribution in [1.29, 1.82) is 0 Å². The Morgan fingerprint density at radius 1 is 1.09 bits per heavy atom. The summed E-state index contributed by atoms with van der Waals surface area (Å²) in [4.78, 5) is 12.8. The number of benzene rings is 2. The summed E-state index contributed by atoms with van der Waals surface area (Å²) in [6.45, 7) is 0. The first kappa shape index (κ1) is 27.4. The van der Waals surface area contributed by atoms with Crippen molar-refractivity contribution in [2.75, 3.05) is 16.8 Å². The van der Waals surface area contributed by atoms with Gasteiger partial charge in [0.1, 0.15) is 5.82 Å². The van der Waals surface area contributed by atoms with Crippen molar-refractivity contribution < 1.29 is 18.3 Å². The summed E-state index contributed by atoms with van der Waals surface area (Å²) < 4.78 is 34.3. The van der Waals surface area contributed by atoms with Crippen LogP contribution in [0.4, 0.5) is 10.1 Å². The second-order valence-corrected chi connectivity index (χ2v) is 11.3. The van der Waals surface area contributed by atoms with Crippen molar-refractivity contribution in [1.82, 2.24) is 15.1 Å². The van der Waals surface area contributed by atoms with Crippen LogP contribution in [0.1, 0.15) is 41.1 Å². The van der Waals surface area contributed by atoms with E-state index in [1.54, 1.807) is 35.3 Å². The summed E-state index contributed by atoms with van der Waals surface area (Å²) in [5.41, 5.74) is 2.97. The van der Waals surface area contributed by atoms with Crippen molar-refractivity contribution in [2.24, 2.45) is 0 Å². The van der Waals surface area contributed by atoms with E-state index in [2.05, 4.69) is 15.7 Å². The SMILES string of the molecule is Cl.Cl.O=C(Nc1cnn(-c2ccc(F)cc2)c1)c1cccc(C2CC2NC2CCS(O)(O)CC2)c1. The molecular formula is C24H29Cl2FN4O3S. The normalized spacial score (nSPS) is 21.8. The second-order valence-electron chi connectivity index (χ2n) is 8.83. The van der Waals surface area contributed by atoms with Gasteiger partial charge in [-0.05, 0) is 61.2 Å². The number of nitrogens with one attached hydrogen (secondary N) is 2. The second kappa shape index (κ2) is 11.3. The predicted molar refractivity (Wildman–Crippen MR) is 142 cm³/mol. The molecule has 0 spiro atoms. The van der Waals surface area contributed by atoms with E-state index in [1.165, 1.54) is 12.1 Å². The molecule has 2 unspecified atom stereocenters. The number of hydrogen-bond acceptors (Lipinski definition) is 5. The highest BCUT2D eigenvalue weighted by molar-refractivity contribution is 8.24. The predicted octanol–water partition coefficient (Wildman–Crippen LogP) is 5.47. The molecule has 0 bridgehead atoms. The summed E-state index contributed by atoms with van der Waals surface area (Å²) in [5, 5.41) is 10.8. The monoisotopic (exact) mass is 542 g/mol. The molecule has 1 aromatic heterocycles. The molecule has 1 amide bonds. The highest BCUT2D eigenvalue weighted by atomic mass is 35.5. The Bertz CT molecular complexity index is 1150. The van der Waals surface area contributed by atoms with Gasteiger partial charge in [0.15, 0.2) is 0 Å². The number of hydrogen-bond donors (Lipinski definition) is 4. The number of amides is 1. The Labute approximate surface area is 217 Å². The van der Waals surface area contributed by atoms with Gasteiger partial charge < -0.3 is 10.6 Å². The summed E-state index contributed by atoms with van der Waals surface area (Å²) in [6, 6.07) is 14.3. The molecule has 1 aliphatic carbocycles. The van der Waals surface area contributed by atoms with E-state index in [0.29, 0.717) is 46.4 Å². The van der Waals surface area contributed by atoms with Crippen LogP contribution in [0.3, 0.4) is 0 Å². The highest BCUT2D eigenvalue weighted by Gasteiger charge is 2.40. The number of carbonyl (C=O) groups is 1. The van der Waals surface area contributed by atoms with Crippen LogP contribution in [0.2, 0.25) is 0 Å². The fourth-order valence-corrected chi connectivity index (χ4v) is 5.89. The number of rotatable bonds is 6. The molecule has 2 aromatic carbocycles. The van der Waals surface area contributed by atoms with Crippen LogP contribution in [0.25, 0.3) is 5.69 Å². The lowest BCUT2D eigenvalue weighted by atomic mass is 10.1. The van der Waals surface area contributed by atoms with Crippen molar-refractivity contribution >= 4 is 47.0 Å². The van der Waals surface area contributed by atoms with E-state index in [-0.39, 0.29) is 36.5 Å². The summed E-state index contributed by atoms with van der Waals surface area (Å²) in [5.74, 6) is 0.800. The molecule has 35 heavy (non-hydrogen) atoms. The molecule has 190 valence electrons. The van der Waals surface area contributed by atoms with Gasteiger partial charge in [0.05, 0.1) is 23.8 Å². The molecule has 2 aliphatic rings. The van der Waals surface area contributed by atoms with E-state index >= 15 is 0 Å². The quantitative estimate of drug-likeness (QED) is 0.331. The Balaban J connectivity index is 0.00000171. The number of halogens is 3. The number of carbonyl (C=O) groups excluding carboxylic acids is 1. The lowest BCUT2D eigenvalue weighted by Crippen LogP contribution is -2.37. The van der Waals surface area contributed by atoms with Crippen molar-refractivity contribution in [3.8, 4) is 5.69 Å². The molecule has 7 nitrogen and oxygen atoms in total. The van der Waals surface area contributed by atoms with E-state index in [9.17, 15) is 18.3 Å². The topological polar surface area (TPSA) is 99.4 Å². The first-order valence-corrected chi connectivity index (χ1v) is 13.0. The van der Waals surface area contributed by atoms with Gasteiger partial charge in [-0.15, -0.1) is 24.8 Å². The Morgan fingerprint density at radius 3 is 2.51 bits per heavy atom. The standard InChI is InChI=1S/C24H27FN4O3S.2ClH/c25-18-4-6-21(7-5-18)29-15-20(14-26-29)28-24(30)17-3-1-2-16(12-17)22-13-23(22)27-19-8-10-33(31,32)11-9-19;;/h1-7,12,14-15,19,22-23,27,31-32H,8-11,13H2,(H,28,30);2*1H. The number of nitrogens with zero attached hydrogens (tertiary/aromatic N) is 2. The third-order valence-electron chi connectivity index (χ3n) is 6.34. The molecule has 2 atom stereocenters. The minimum Gasteiger partial charge on any atom is -0.319 e. The van der Waals surface area contributed by atoms with Crippen LogP contribution in [0.15, 0.2) is 60.9 Å². The third kappa shape index (κ3) is 6.75. The fourth-order valence-electron chi connectivity index (χ4n) is 4.36. The van der Waals surface area contributed by atoms with Crippen LogP contribution < -0.4 is 10.6 Å². The molecule has 2 heterocycles. The molecule has 5 rings (SSSR count). The van der Waals surface area contributed by atoms with Gasteiger partial charge in [0, 0.05) is 35.1 Å². The van der Waals surface area contributed by atoms with Gasteiger partial charge in [-0.25, -0.2) is 9.07 Å². The van der Waals surface area contributed by atoms with Crippen molar-refractivity contribution in [2.45, 2.75) is 37.3 Å². The Hall–Kier alpha value is -2.14. The van der Waals surface area contributed by atoms with E-state index in [0.717, 1.165) is 24.8 Å². The lowest BCUT2D eigenvalue weighted by molar-refractivity contribution is 0.102. The molecule has 1 aliphatic heterocycles. The number of anilines is 1. The van der Waals surface area contributed by atoms with Crippen LogP contribution >= 0.6 is 35.4 Å². The van der Waals surface area contributed by atoms with Gasteiger partial charge in [0.2, 0.25) is 0 Å². The Kier molecular flexibility index (Phi) is 8.85. The smallest absolute Gasteiger partial charge is 0.255 e. The van der Waals surface area contributed by atoms with Crippen molar-refractivity contribution in [3.05, 3.63) is 77.9 Å². The molecule has 2 fully saturated rings. The van der Waals surface area contributed by atoms with E-state index < -0.39 is 10.6 Å². The molecular weight excluding hydrogens is 514 g/mol. The molecule has 11 heteroatoms. The van der Waals surface area contributed by atoms with Gasteiger partial charge in [0.25, 0.3) is 5.91 Å². The summed E-state index contributed by atoms with van der Waals surface area (Å²) >= 11 is 0. The summed E-state index contributed by atoms with van der Waals surface area (Å²) in [7, 11) is -2.36. The fraction of sp³-hybridized carbons (Fsp3) is 0.333. The maximum atomic E-state index is 13.1. The molecule has 0 radical (unpaired) electrons. The van der Waals surface area contributed by atoms with Gasteiger partial charge in [-0.3, -0.25) is 13.9 Å². The zero-order valence-electron chi connectivity index (χ0n) is 18.8. The average Bonchev–Trinajstić information content (AvgIpc) is 3.42. The van der Waals surface area contributed by atoms with Crippen molar-refractivity contribution in [3.63, 3.8) is 0 Å². The highest BCUT2D eigenvalue weighted by Crippen LogP contribution is 2.46. The minimum atomic E-state index is -2.36. The van der Waals surface area contributed by atoms with E-state index in [4.69, 9.17) is 0 Å². The van der Waals surface area contributed by atoms with Crippen LogP contribution in [-0.2, 0) is 0 Å². The largest absolute Gasteiger partial charge is 0.319 e. The van der Waals surface area contributed by atoms with Crippen LogP contribution in [0.5, 0.6) is 0 Å². The third-order valence-corrected chi connectivity index (χ3v) is 8.11. The first-order chi connectivity index (χ1) is 15.9. The zero-order chi connectivity index (χ0) is 23.0. The first-order valence-electron chi connectivity index (χ1n) is 11.1. The van der Waals surface area contributed by atoms with Crippen LogP contribution in [0, 0.1) is 5.82 Å². The molecule has 1 saturated carbocycles.